The van der Waals surface area contributed by atoms with Crippen LogP contribution in [0, 0.1) is 11.3 Å². The van der Waals surface area contributed by atoms with E-state index in [0.717, 1.165) is 25.7 Å². The molecule has 1 aliphatic carbocycles. The number of halogens is 1. The molecule has 5 N–H and O–H groups in total. The highest BCUT2D eigenvalue weighted by atomic mass is 35.5. The first-order chi connectivity index (χ1) is 11.5. The van der Waals surface area contributed by atoms with E-state index in [0.29, 0.717) is 21.8 Å². The maximum Gasteiger partial charge on any atom is 0.165 e. The number of nitrogens with zero attached hydrogens (tertiary/aromatic N) is 3. The lowest BCUT2D eigenvalue weighted by Crippen LogP contribution is -2.28. The molecule has 0 amide bonds. The number of nitrogens with two attached hydrogens (primary N) is 2. The normalized spacial score (nSPS) is 20.5. The van der Waals surface area contributed by atoms with Crippen molar-refractivity contribution in [2.75, 3.05) is 5.73 Å². The van der Waals surface area contributed by atoms with Crippen LogP contribution in [-0.2, 0) is 0 Å². The molecule has 0 saturated heterocycles. The number of rotatable bonds is 2. The summed E-state index contributed by atoms with van der Waals surface area (Å²) in [5.74, 6) is 0.445. The van der Waals surface area contributed by atoms with Gasteiger partial charge in [-0.15, -0.1) is 0 Å². The zero-order valence-electron chi connectivity index (χ0n) is 13.0. The number of phenolic OH excluding ortho intramolecular Hbond substituents is 1. The molecule has 0 spiro atoms. The van der Waals surface area contributed by atoms with Gasteiger partial charge in [-0.25, -0.2) is 9.97 Å². The summed E-state index contributed by atoms with van der Waals surface area (Å²) >= 11 is 6.01. The minimum Gasteiger partial charge on any atom is -0.507 e. The Bertz CT molecular complexity index is 817. The molecule has 6 nitrogen and oxygen atoms in total. The second-order valence-corrected chi connectivity index (χ2v) is 6.53. The summed E-state index contributed by atoms with van der Waals surface area (Å²) in [7, 11) is 0. The Morgan fingerprint density at radius 1 is 1.29 bits per heavy atom. The van der Waals surface area contributed by atoms with Gasteiger partial charge in [-0.3, -0.25) is 0 Å². The smallest absolute Gasteiger partial charge is 0.165 e. The lowest BCUT2D eigenvalue weighted by atomic mass is 9.82. The fraction of sp³-hybridized carbons (Fsp3) is 0.353. The van der Waals surface area contributed by atoms with Gasteiger partial charge in [0.1, 0.15) is 23.2 Å². The van der Waals surface area contributed by atoms with Crippen LogP contribution in [0.25, 0.3) is 11.4 Å². The summed E-state index contributed by atoms with van der Waals surface area (Å²) in [6.45, 7) is 0. The van der Waals surface area contributed by atoms with E-state index in [2.05, 4.69) is 16.0 Å². The Morgan fingerprint density at radius 2 is 2.08 bits per heavy atom. The summed E-state index contributed by atoms with van der Waals surface area (Å²) in [4.78, 5) is 8.73. The number of nitrogen functional groups attached to an aromatic ring is 1. The van der Waals surface area contributed by atoms with Crippen molar-refractivity contribution >= 4 is 17.4 Å². The second kappa shape index (κ2) is 6.63. The number of aromatic nitrogens is 2. The topological polar surface area (TPSA) is 122 Å². The molecule has 2 aromatic rings. The number of nitriles is 1. The van der Waals surface area contributed by atoms with Crippen molar-refractivity contribution in [2.24, 2.45) is 5.73 Å². The van der Waals surface area contributed by atoms with Gasteiger partial charge in [0.2, 0.25) is 0 Å². The Morgan fingerprint density at radius 3 is 2.79 bits per heavy atom. The molecule has 1 fully saturated rings. The minimum absolute atomic E-state index is 0.00908. The van der Waals surface area contributed by atoms with Crippen LogP contribution in [0.2, 0.25) is 5.02 Å². The highest BCUT2D eigenvalue weighted by Crippen LogP contribution is 2.36. The molecular formula is C17H18ClN5O. The first-order valence-corrected chi connectivity index (χ1v) is 8.19. The number of hydrogen-bond donors (Lipinski definition) is 3. The summed E-state index contributed by atoms with van der Waals surface area (Å²) in [5.41, 5.74) is 13.3. The van der Waals surface area contributed by atoms with Gasteiger partial charge in [-0.05, 0) is 37.5 Å². The number of hydrogen-bond acceptors (Lipinski definition) is 6. The zero-order valence-corrected chi connectivity index (χ0v) is 13.8. The quantitative estimate of drug-likeness (QED) is 0.770. The van der Waals surface area contributed by atoms with Crippen molar-refractivity contribution in [1.29, 1.82) is 5.26 Å². The van der Waals surface area contributed by atoms with Gasteiger partial charge in [0.15, 0.2) is 5.82 Å². The molecule has 1 heterocycles. The van der Waals surface area contributed by atoms with Crippen LogP contribution in [0.1, 0.15) is 42.9 Å². The number of phenols is 1. The van der Waals surface area contributed by atoms with Crippen LogP contribution in [0.3, 0.4) is 0 Å². The average molecular weight is 344 g/mol. The molecule has 3 rings (SSSR count). The van der Waals surface area contributed by atoms with Gasteiger partial charge < -0.3 is 16.6 Å². The maximum atomic E-state index is 10.1. The van der Waals surface area contributed by atoms with Crippen molar-refractivity contribution in [3.8, 4) is 23.2 Å². The molecular weight excluding hydrogens is 326 g/mol. The summed E-state index contributed by atoms with van der Waals surface area (Å²) < 4.78 is 0. The van der Waals surface area contributed by atoms with Crippen LogP contribution < -0.4 is 11.5 Å². The fourth-order valence-electron chi connectivity index (χ4n) is 3.19. The predicted octanol–water partition coefficient (Wildman–Crippen LogP) is 2.94. The zero-order chi connectivity index (χ0) is 17.3. The lowest BCUT2D eigenvalue weighted by molar-refractivity contribution is 0.387. The van der Waals surface area contributed by atoms with Gasteiger partial charge in [-0.2, -0.15) is 5.26 Å². The third kappa shape index (κ3) is 3.14. The summed E-state index contributed by atoms with van der Waals surface area (Å²) in [6.07, 6.45) is 3.62. The first-order valence-electron chi connectivity index (χ1n) is 7.81. The predicted molar refractivity (Wildman–Crippen MR) is 92.5 cm³/mol. The molecule has 1 aromatic carbocycles. The lowest BCUT2D eigenvalue weighted by Gasteiger charge is -2.27. The third-order valence-electron chi connectivity index (χ3n) is 4.38. The third-order valence-corrected chi connectivity index (χ3v) is 4.61. The van der Waals surface area contributed by atoms with Crippen molar-refractivity contribution in [2.45, 2.75) is 37.6 Å². The Labute approximate surface area is 145 Å². The molecule has 1 aromatic heterocycles. The highest BCUT2D eigenvalue weighted by molar-refractivity contribution is 6.30. The van der Waals surface area contributed by atoms with Crippen molar-refractivity contribution < 1.29 is 5.11 Å². The van der Waals surface area contributed by atoms with Crippen LogP contribution in [0.15, 0.2) is 18.2 Å². The molecule has 24 heavy (non-hydrogen) atoms. The molecule has 0 radical (unpaired) electrons. The minimum atomic E-state index is 0.00908. The Hall–Kier alpha value is -2.36. The van der Waals surface area contributed by atoms with E-state index in [9.17, 15) is 10.4 Å². The molecule has 0 aliphatic heterocycles. The maximum absolute atomic E-state index is 10.1. The monoisotopic (exact) mass is 343 g/mol. The second-order valence-electron chi connectivity index (χ2n) is 6.09. The SMILES string of the molecule is N#Cc1c(N)nc(-c2cc(Cl)ccc2O)nc1C1CCCC(N)C1. The van der Waals surface area contributed by atoms with E-state index < -0.39 is 0 Å². The van der Waals surface area contributed by atoms with Crippen LogP contribution in [0.4, 0.5) is 5.82 Å². The largest absolute Gasteiger partial charge is 0.507 e. The summed E-state index contributed by atoms with van der Waals surface area (Å²) in [5, 5.41) is 20.0. The van der Waals surface area contributed by atoms with Gasteiger partial charge in [-0.1, -0.05) is 18.0 Å². The Kier molecular flexibility index (Phi) is 4.56. The van der Waals surface area contributed by atoms with Crippen LogP contribution in [-0.4, -0.2) is 21.1 Å². The molecule has 2 unspecified atom stereocenters. The Balaban J connectivity index is 2.13. The van der Waals surface area contributed by atoms with E-state index >= 15 is 0 Å². The molecule has 7 heteroatoms. The van der Waals surface area contributed by atoms with Gasteiger partial charge in [0.25, 0.3) is 0 Å². The molecule has 1 saturated carbocycles. The van der Waals surface area contributed by atoms with E-state index in [-0.39, 0.29) is 29.4 Å². The molecule has 2 atom stereocenters. The molecule has 0 bridgehead atoms. The molecule has 1 aliphatic rings. The fourth-order valence-corrected chi connectivity index (χ4v) is 3.36. The van der Waals surface area contributed by atoms with Gasteiger partial charge in [0.05, 0.1) is 11.3 Å². The van der Waals surface area contributed by atoms with Crippen molar-refractivity contribution in [3.63, 3.8) is 0 Å². The van der Waals surface area contributed by atoms with Crippen LogP contribution >= 0.6 is 11.6 Å². The summed E-state index contributed by atoms with van der Waals surface area (Å²) in [6, 6.07) is 6.83. The van der Waals surface area contributed by atoms with E-state index in [1.165, 1.54) is 6.07 Å². The van der Waals surface area contributed by atoms with Crippen molar-refractivity contribution in [3.05, 3.63) is 34.5 Å². The van der Waals surface area contributed by atoms with E-state index in [1.807, 2.05) is 0 Å². The highest BCUT2D eigenvalue weighted by Gasteiger charge is 2.27. The van der Waals surface area contributed by atoms with E-state index in [1.54, 1.807) is 12.1 Å². The van der Waals surface area contributed by atoms with Crippen molar-refractivity contribution in [1.82, 2.24) is 9.97 Å². The number of anilines is 1. The number of aromatic hydroxyl groups is 1. The van der Waals surface area contributed by atoms with Crippen LogP contribution in [0.5, 0.6) is 5.75 Å². The average Bonchev–Trinajstić information content (AvgIpc) is 2.56. The number of benzene rings is 1. The first kappa shape index (κ1) is 16.5. The van der Waals surface area contributed by atoms with Gasteiger partial charge in [0, 0.05) is 17.0 Å². The molecule has 124 valence electrons. The van der Waals surface area contributed by atoms with E-state index in [4.69, 9.17) is 23.1 Å². The van der Waals surface area contributed by atoms with Gasteiger partial charge >= 0.3 is 0 Å². The standard InChI is InChI=1S/C17H18ClN5O/c18-10-4-5-14(24)12(7-10)17-22-15(13(8-19)16(21)23-17)9-2-1-3-11(20)6-9/h4-5,7,9,11,24H,1-3,6,20H2,(H2,21,22,23).